The van der Waals surface area contributed by atoms with Crippen molar-refractivity contribution < 1.29 is 5.11 Å². The van der Waals surface area contributed by atoms with Crippen molar-refractivity contribution in [1.82, 2.24) is 4.90 Å². The Morgan fingerprint density at radius 1 is 1.04 bits per heavy atom. The van der Waals surface area contributed by atoms with Crippen molar-refractivity contribution in [3.05, 3.63) is 71.8 Å². The lowest BCUT2D eigenvalue weighted by molar-refractivity contribution is -0.199. The van der Waals surface area contributed by atoms with E-state index in [2.05, 4.69) is 78.5 Å². The van der Waals surface area contributed by atoms with Gasteiger partial charge in [-0.1, -0.05) is 73.0 Å². The molecule has 0 aromatic heterocycles. The summed E-state index contributed by atoms with van der Waals surface area (Å²) in [6, 6.07) is 21.9. The molecule has 2 saturated carbocycles. The normalized spacial score (nSPS) is 41.1. The zero-order valence-electron chi connectivity index (χ0n) is 15.2. The van der Waals surface area contributed by atoms with Crippen LogP contribution in [0, 0.1) is 29.6 Å². The zero-order valence-corrected chi connectivity index (χ0v) is 15.2. The predicted molar refractivity (Wildman–Crippen MR) is 103 cm³/mol. The lowest BCUT2D eigenvalue weighted by Crippen LogP contribution is -2.66. The molecule has 3 fully saturated rings. The molecular formula is C24H25NO. The van der Waals surface area contributed by atoms with Crippen LogP contribution in [-0.4, -0.2) is 22.7 Å². The number of aliphatic hydroxyl groups is 1. The van der Waals surface area contributed by atoms with Gasteiger partial charge in [-0.05, 0) is 31.0 Å². The maximum Gasteiger partial charge on any atom is 0.133 e. The molecule has 1 aliphatic heterocycles. The van der Waals surface area contributed by atoms with Gasteiger partial charge in [-0.25, -0.2) is 0 Å². The summed E-state index contributed by atoms with van der Waals surface area (Å²) < 4.78 is 0. The van der Waals surface area contributed by atoms with Gasteiger partial charge in [0.15, 0.2) is 0 Å². The van der Waals surface area contributed by atoms with Gasteiger partial charge in [-0.15, -0.1) is 6.42 Å². The smallest absolute Gasteiger partial charge is 0.133 e. The van der Waals surface area contributed by atoms with E-state index in [9.17, 15) is 5.11 Å². The Labute approximate surface area is 155 Å². The topological polar surface area (TPSA) is 23.5 Å². The fraction of sp³-hybridized carbons (Fsp3) is 0.417. The van der Waals surface area contributed by atoms with Crippen molar-refractivity contribution in [3.8, 4) is 12.3 Å². The van der Waals surface area contributed by atoms with Gasteiger partial charge in [0.05, 0.1) is 0 Å². The Hall–Kier alpha value is -2.08. The zero-order chi connectivity index (χ0) is 17.9. The highest BCUT2D eigenvalue weighted by molar-refractivity contribution is 5.42. The minimum Gasteiger partial charge on any atom is -0.377 e. The molecule has 2 aromatic rings. The fourth-order valence-electron chi connectivity index (χ4n) is 6.84. The number of hydrogen-bond donors (Lipinski definition) is 1. The van der Waals surface area contributed by atoms with Crippen LogP contribution >= 0.6 is 0 Å². The molecule has 0 radical (unpaired) electrons. The molecule has 26 heavy (non-hydrogen) atoms. The summed E-state index contributed by atoms with van der Waals surface area (Å²) in [6.07, 6.45) is 9.27. The molecule has 0 unspecified atom stereocenters. The molecule has 3 aliphatic rings. The number of benzene rings is 2. The van der Waals surface area contributed by atoms with Crippen molar-refractivity contribution in [3.63, 3.8) is 0 Å². The Balaban J connectivity index is 1.71. The van der Waals surface area contributed by atoms with E-state index in [4.69, 9.17) is 6.42 Å². The van der Waals surface area contributed by atoms with E-state index in [1.807, 2.05) is 0 Å². The highest BCUT2D eigenvalue weighted by Crippen LogP contribution is 2.79. The minimum atomic E-state index is -0.991. The Bertz CT molecular complexity index is 857. The van der Waals surface area contributed by atoms with Gasteiger partial charge in [0, 0.05) is 29.3 Å². The average molecular weight is 343 g/mol. The number of likely N-dealkylation sites (tertiary alicyclic amines) is 1. The molecule has 1 heterocycles. The van der Waals surface area contributed by atoms with Crippen molar-refractivity contribution >= 4 is 0 Å². The molecule has 2 aromatic carbocycles. The monoisotopic (exact) mass is 343 g/mol. The maximum absolute atomic E-state index is 11.5. The van der Waals surface area contributed by atoms with Gasteiger partial charge in [0.1, 0.15) is 5.60 Å². The molecule has 132 valence electrons. The lowest BCUT2D eigenvalue weighted by Gasteiger charge is -2.61. The second kappa shape index (κ2) is 5.46. The first-order valence-electron chi connectivity index (χ1n) is 9.66. The fourth-order valence-corrected chi connectivity index (χ4v) is 6.84. The number of nitrogens with zero attached hydrogens (tertiary/aromatic N) is 1. The van der Waals surface area contributed by atoms with E-state index in [-0.39, 0.29) is 23.3 Å². The standard InChI is InChI=1S/C24H25NO/c1-3-24(26)19-15-10-16-23(19)21(24)20(17-11-6-4-7-12-17)25(2)22(23)18-13-8-5-9-14-18/h1,4-9,11-14,19-22,26H,10,15-16H2,2H3/t19-,20+,21+,22-,23+,24+/m0/s1. The molecule has 0 amide bonds. The van der Waals surface area contributed by atoms with Gasteiger partial charge >= 0.3 is 0 Å². The molecule has 6 atom stereocenters. The second-order valence-electron chi connectivity index (χ2n) is 8.34. The van der Waals surface area contributed by atoms with Crippen molar-refractivity contribution in [2.75, 3.05) is 7.05 Å². The van der Waals surface area contributed by atoms with Crippen LogP contribution in [0.25, 0.3) is 0 Å². The first-order valence-corrected chi connectivity index (χ1v) is 9.66. The minimum absolute atomic E-state index is 0.0811. The van der Waals surface area contributed by atoms with E-state index < -0.39 is 5.60 Å². The van der Waals surface area contributed by atoms with Gasteiger partial charge in [0.25, 0.3) is 0 Å². The van der Waals surface area contributed by atoms with Crippen LogP contribution in [0.1, 0.15) is 42.5 Å². The van der Waals surface area contributed by atoms with Gasteiger partial charge in [0.2, 0.25) is 0 Å². The molecule has 1 N–H and O–H groups in total. The number of hydrogen-bond acceptors (Lipinski definition) is 2. The largest absolute Gasteiger partial charge is 0.377 e. The first kappa shape index (κ1) is 16.1. The number of rotatable bonds is 2. The molecule has 5 rings (SSSR count). The summed E-state index contributed by atoms with van der Waals surface area (Å²) in [4.78, 5) is 2.49. The van der Waals surface area contributed by atoms with E-state index in [1.54, 1.807) is 0 Å². The summed E-state index contributed by atoms with van der Waals surface area (Å²) in [5.74, 6) is 3.13. The number of terminal acetylenes is 1. The van der Waals surface area contributed by atoms with Gasteiger partial charge in [-0.3, -0.25) is 4.90 Å². The van der Waals surface area contributed by atoms with E-state index in [0.29, 0.717) is 6.04 Å². The molecule has 1 saturated heterocycles. The molecular weight excluding hydrogens is 318 g/mol. The predicted octanol–water partition coefficient (Wildman–Crippen LogP) is 4.20. The Morgan fingerprint density at radius 2 is 1.65 bits per heavy atom. The highest BCUT2D eigenvalue weighted by Gasteiger charge is 2.79. The van der Waals surface area contributed by atoms with E-state index >= 15 is 0 Å². The third-order valence-electron chi connectivity index (χ3n) is 7.49. The first-order chi connectivity index (χ1) is 12.6. The maximum atomic E-state index is 11.5. The molecule has 0 bridgehead atoms. The van der Waals surface area contributed by atoms with Crippen LogP contribution in [0.15, 0.2) is 60.7 Å². The van der Waals surface area contributed by atoms with E-state index in [0.717, 1.165) is 19.3 Å². The SMILES string of the molecule is C#C[C@@]1(O)[C@H]2CCC[C@@]23[C@H](c2ccccc2)N(C)[C@H](c2ccccc2)[C@@H]13. The van der Waals surface area contributed by atoms with E-state index in [1.165, 1.54) is 11.1 Å². The second-order valence-corrected chi connectivity index (χ2v) is 8.34. The Kier molecular flexibility index (Phi) is 3.38. The average Bonchev–Trinajstić information content (AvgIpc) is 3.19. The molecule has 2 aliphatic carbocycles. The van der Waals surface area contributed by atoms with Crippen molar-refractivity contribution in [1.29, 1.82) is 0 Å². The van der Waals surface area contributed by atoms with Crippen LogP contribution in [-0.2, 0) is 0 Å². The van der Waals surface area contributed by atoms with Crippen LogP contribution in [0.5, 0.6) is 0 Å². The summed E-state index contributed by atoms with van der Waals surface area (Å²) in [5.41, 5.74) is 1.70. The van der Waals surface area contributed by atoms with Crippen LogP contribution in [0.4, 0.5) is 0 Å². The van der Waals surface area contributed by atoms with Crippen molar-refractivity contribution in [2.24, 2.45) is 17.3 Å². The third-order valence-corrected chi connectivity index (χ3v) is 7.49. The van der Waals surface area contributed by atoms with Gasteiger partial charge in [-0.2, -0.15) is 0 Å². The lowest BCUT2D eigenvalue weighted by atomic mass is 9.43. The third kappa shape index (κ3) is 1.76. The van der Waals surface area contributed by atoms with Crippen molar-refractivity contribution in [2.45, 2.75) is 36.9 Å². The quantitative estimate of drug-likeness (QED) is 0.826. The molecule has 2 nitrogen and oxygen atoms in total. The molecule has 2 heteroatoms. The summed E-state index contributed by atoms with van der Waals surface area (Å²) in [5, 5.41) is 11.5. The molecule has 1 spiro atoms. The summed E-state index contributed by atoms with van der Waals surface area (Å²) in [6.45, 7) is 0. The summed E-state index contributed by atoms with van der Waals surface area (Å²) in [7, 11) is 2.22. The van der Waals surface area contributed by atoms with Gasteiger partial charge < -0.3 is 5.11 Å². The highest BCUT2D eigenvalue weighted by atomic mass is 16.3. The Morgan fingerprint density at radius 3 is 2.27 bits per heavy atom. The summed E-state index contributed by atoms with van der Waals surface area (Å²) >= 11 is 0. The van der Waals surface area contributed by atoms with Crippen LogP contribution in [0.3, 0.4) is 0 Å². The van der Waals surface area contributed by atoms with Crippen LogP contribution in [0.2, 0.25) is 0 Å². The van der Waals surface area contributed by atoms with Crippen LogP contribution < -0.4 is 0 Å².